The summed E-state index contributed by atoms with van der Waals surface area (Å²) < 4.78 is 32.1. The zero-order valence-electron chi connectivity index (χ0n) is 23.7. The quantitative estimate of drug-likeness (QED) is 0.0986. The second kappa shape index (κ2) is 17.6. The highest BCUT2D eigenvalue weighted by molar-refractivity contribution is 5.50. The number of ether oxygens (including phenoxy) is 5. The van der Waals surface area contributed by atoms with Crippen molar-refractivity contribution in [2.75, 3.05) is 13.2 Å². The van der Waals surface area contributed by atoms with E-state index in [4.69, 9.17) is 23.7 Å². The summed E-state index contributed by atoms with van der Waals surface area (Å²) in [7, 11) is 0. The van der Waals surface area contributed by atoms with E-state index in [-0.39, 0.29) is 12.3 Å². The Morgan fingerprint density at radius 2 is 1.27 bits per heavy atom. The molecular weight excluding hydrogens is 516 g/mol. The molecule has 218 valence electrons. The van der Waals surface area contributed by atoms with Gasteiger partial charge in [0.25, 0.3) is 0 Å². The molecule has 5 atom stereocenters. The van der Waals surface area contributed by atoms with Crippen LogP contribution in [0, 0.1) is 5.92 Å². The maximum atomic E-state index is 11.9. The Morgan fingerprint density at radius 1 is 0.707 bits per heavy atom. The number of benzene rings is 3. The topological polar surface area (TPSA) is 63.2 Å². The van der Waals surface area contributed by atoms with E-state index in [0.29, 0.717) is 33.0 Å². The highest BCUT2D eigenvalue weighted by atomic mass is 16.7. The second-order valence-corrected chi connectivity index (χ2v) is 10.3. The molecule has 1 aliphatic rings. The van der Waals surface area contributed by atoms with Gasteiger partial charge in [-0.05, 0) is 36.0 Å². The number of unbranched alkanes of at least 4 members (excludes halogenated alkanes) is 2. The highest BCUT2D eigenvalue weighted by Gasteiger charge is 2.48. The van der Waals surface area contributed by atoms with Crippen molar-refractivity contribution in [3.05, 3.63) is 120 Å². The Labute approximate surface area is 244 Å². The molecule has 0 spiro atoms. The van der Waals surface area contributed by atoms with Gasteiger partial charge >= 0.3 is 0 Å². The van der Waals surface area contributed by atoms with Crippen LogP contribution in [0.4, 0.5) is 0 Å². The summed E-state index contributed by atoms with van der Waals surface area (Å²) in [4.78, 5) is 11.9. The Bertz CT molecular complexity index is 1120. The van der Waals surface area contributed by atoms with Crippen molar-refractivity contribution in [2.24, 2.45) is 5.92 Å². The molecule has 4 rings (SSSR count). The zero-order valence-corrected chi connectivity index (χ0v) is 23.7. The molecule has 3 aromatic rings. The van der Waals surface area contributed by atoms with Crippen LogP contribution in [-0.4, -0.2) is 44.1 Å². The molecule has 41 heavy (non-hydrogen) atoms. The maximum absolute atomic E-state index is 11.9. The summed E-state index contributed by atoms with van der Waals surface area (Å²) in [6.45, 7) is 5.84. The van der Waals surface area contributed by atoms with Gasteiger partial charge in [0.15, 0.2) is 6.29 Å². The third kappa shape index (κ3) is 10.0. The monoisotopic (exact) mass is 558 g/mol. The van der Waals surface area contributed by atoms with Crippen LogP contribution in [0.15, 0.2) is 104 Å². The number of aldehydes is 1. The number of carbonyl (C=O) groups is 1. The Balaban J connectivity index is 1.55. The van der Waals surface area contributed by atoms with Crippen molar-refractivity contribution < 1.29 is 28.5 Å². The van der Waals surface area contributed by atoms with E-state index in [2.05, 4.69) is 6.58 Å². The lowest BCUT2D eigenvalue weighted by atomic mass is 9.88. The Hall–Kier alpha value is -3.13. The van der Waals surface area contributed by atoms with Crippen LogP contribution in [0.5, 0.6) is 0 Å². The first-order chi connectivity index (χ1) is 20.3. The molecule has 0 unspecified atom stereocenters. The molecule has 1 saturated heterocycles. The predicted octanol–water partition coefficient (Wildman–Crippen LogP) is 6.68. The van der Waals surface area contributed by atoms with E-state index in [1.165, 1.54) is 0 Å². The van der Waals surface area contributed by atoms with E-state index in [1.54, 1.807) is 0 Å². The van der Waals surface area contributed by atoms with Crippen LogP contribution in [0.1, 0.15) is 42.4 Å². The van der Waals surface area contributed by atoms with Crippen LogP contribution in [0.2, 0.25) is 0 Å². The standard InChI is InChI=1S/C35H42O6/c1-2-3-4-14-23-38-35-31(21-22-36)33(39-25-29-17-10-6-11-18-29)34(40-26-30-19-12-7-13-20-30)32(41-35)27-37-24-28-15-8-5-9-16-28/h2,5-13,15-20,22,31-35H,1,3-4,14,21,23-27H2/t31-,32-,33-,34-,35-/m1/s1. The van der Waals surface area contributed by atoms with Crippen molar-refractivity contribution in [3.8, 4) is 0 Å². The van der Waals surface area contributed by atoms with E-state index in [0.717, 1.165) is 42.2 Å². The molecule has 0 radical (unpaired) electrons. The number of hydrogen-bond acceptors (Lipinski definition) is 6. The number of allylic oxidation sites excluding steroid dienone is 1. The van der Waals surface area contributed by atoms with Gasteiger partial charge < -0.3 is 28.5 Å². The molecule has 1 heterocycles. The first kappa shape index (κ1) is 30.8. The van der Waals surface area contributed by atoms with Gasteiger partial charge in [0.2, 0.25) is 0 Å². The SMILES string of the molecule is C=CCCCCO[C@@H]1O[C@H](COCc2ccccc2)[C@@H](OCc2ccccc2)[C@H](OCc2ccccc2)[C@H]1CC=O. The van der Waals surface area contributed by atoms with Crippen molar-refractivity contribution in [3.63, 3.8) is 0 Å². The minimum Gasteiger partial charge on any atom is -0.374 e. The number of rotatable bonds is 18. The highest BCUT2D eigenvalue weighted by Crippen LogP contribution is 2.34. The normalized spacial score (nSPS) is 22.3. The van der Waals surface area contributed by atoms with Gasteiger partial charge in [-0.1, -0.05) is 97.1 Å². The molecule has 0 N–H and O–H groups in total. The summed E-state index contributed by atoms with van der Waals surface area (Å²) in [5.74, 6) is -0.332. The second-order valence-electron chi connectivity index (χ2n) is 10.3. The summed E-state index contributed by atoms with van der Waals surface area (Å²) in [5, 5.41) is 0. The van der Waals surface area contributed by atoms with E-state index < -0.39 is 24.6 Å². The van der Waals surface area contributed by atoms with Gasteiger partial charge in [-0.3, -0.25) is 0 Å². The Morgan fingerprint density at radius 3 is 1.83 bits per heavy atom. The zero-order chi connectivity index (χ0) is 28.5. The van der Waals surface area contributed by atoms with Crippen molar-refractivity contribution >= 4 is 6.29 Å². The molecule has 0 saturated carbocycles. The fourth-order valence-electron chi connectivity index (χ4n) is 5.03. The van der Waals surface area contributed by atoms with Gasteiger partial charge in [-0.2, -0.15) is 0 Å². The van der Waals surface area contributed by atoms with Crippen LogP contribution in [-0.2, 0) is 48.3 Å². The fraction of sp³-hybridized carbons (Fsp3) is 0.400. The van der Waals surface area contributed by atoms with Gasteiger partial charge in [0.05, 0.1) is 32.5 Å². The largest absolute Gasteiger partial charge is 0.374 e. The average Bonchev–Trinajstić information content (AvgIpc) is 3.02. The number of carbonyl (C=O) groups excluding carboxylic acids is 1. The van der Waals surface area contributed by atoms with Crippen LogP contribution in [0.3, 0.4) is 0 Å². The lowest BCUT2D eigenvalue weighted by molar-refractivity contribution is -0.305. The van der Waals surface area contributed by atoms with Gasteiger partial charge in [-0.15, -0.1) is 6.58 Å². The predicted molar refractivity (Wildman–Crippen MR) is 159 cm³/mol. The molecule has 0 bridgehead atoms. The molecule has 1 fully saturated rings. The first-order valence-electron chi connectivity index (χ1n) is 14.5. The minimum absolute atomic E-state index is 0.236. The molecule has 0 aromatic heterocycles. The van der Waals surface area contributed by atoms with Crippen LogP contribution < -0.4 is 0 Å². The third-order valence-electron chi connectivity index (χ3n) is 7.19. The van der Waals surface area contributed by atoms with E-state index in [1.807, 2.05) is 97.1 Å². The van der Waals surface area contributed by atoms with E-state index in [9.17, 15) is 4.79 Å². The summed E-state index contributed by atoms with van der Waals surface area (Å²) >= 11 is 0. The molecule has 0 aliphatic carbocycles. The first-order valence-corrected chi connectivity index (χ1v) is 14.5. The lowest BCUT2D eigenvalue weighted by Gasteiger charge is -2.46. The van der Waals surface area contributed by atoms with Crippen LogP contribution >= 0.6 is 0 Å². The van der Waals surface area contributed by atoms with Crippen molar-refractivity contribution in [1.82, 2.24) is 0 Å². The van der Waals surface area contributed by atoms with Gasteiger partial charge in [0, 0.05) is 18.9 Å². The number of hydrogen-bond donors (Lipinski definition) is 0. The summed E-state index contributed by atoms with van der Waals surface area (Å²) in [5.41, 5.74) is 3.17. The van der Waals surface area contributed by atoms with Crippen molar-refractivity contribution in [2.45, 2.75) is 70.1 Å². The maximum Gasteiger partial charge on any atom is 0.163 e. The van der Waals surface area contributed by atoms with Crippen LogP contribution in [0.25, 0.3) is 0 Å². The molecule has 0 amide bonds. The smallest absolute Gasteiger partial charge is 0.163 e. The molecule has 6 heteroatoms. The molecule has 1 aliphatic heterocycles. The lowest BCUT2D eigenvalue weighted by Crippen LogP contribution is -2.58. The summed E-state index contributed by atoms with van der Waals surface area (Å²) in [6.07, 6.45) is 3.86. The Kier molecular flexibility index (Phi) is 13.3. The molecular formula is C35H42O6. The van der Waals surface area contributed by atoms with Gasteiger partial charge in [0.1, 0.15) is 18.5 Å². The molecule has 6 nitrogen and oxygen atoms in total. The van der Waals surface area contributed by atoms with Gasteiger partial charge in [-0.25, -0.2) is 0 Å². The van der Waals surface area contributed by atoms with Crippen molar-refractivity contribution in [1.29, 1.82) is 0 Å². The third-order valence-corrected chi connectivity index (χ3v) is 7.19. The average molecular weight is 559 g/mol. The fourth-order valence-corrected chi connectivity index (χ4v) is 5.03. The molecule has 3 aromatic carbocycles. The van der Waals surface area contributed by atoms with E-state index >= 15 is 0 Å². The summed E-state index contributed by atoms with van der Waals surface area (Å²) in [6, 6.07) is 30.1. The minimum atomic E-state index is -0.619.